The summed E-state index contributed by atoms with van der Waals surface area (Å²) >= 11 is 0. The van der Waals surface area contributed by atoms with Gasteiger partial charge in [0.15, 0.2) is 0 Å². The first-order valence-corrected chi connectivity index (χ1v) is 9.08. The van der Waals surface area contributed by atoms with E-state index in [0.717, 1.165) is 17.5 Å². The second-order valence-electron chi connectivity index (χ2n) is 5.29. The quantitative estimate of drug-likeness (QED) is 0.510. The van der Waals surface area contributed by atoms with E-state index in [4.69, 9.17) is 10.8 Å². The molecule has 4 N–H and O–H groups in total. The molecule has 0 amide bonds. The van der Waals surface area contributed by atoms with Gasteiger partial charge < -0.3 is 10.8 Å². The van der Waals surface area contributed by atoms with E-state index in [-0.39, 0.29) is 11.5 Å². The summed E-state index contributed by atoms with van der Waals surface area (Å²) in [6.45, 7) is 0.506. The first-order chi connectivity index (χ1) is 11.0. The van der Waals surface area contributed by atoms with Crippen LogP contribution in [0.2, 0.25) is 0 Å². The Hall–Kier alpha value is -1.89. The molecule has 23 heavy (non-hydrogen) atoms. The summed E-state index contributed by atoms with van der Waals surface area (Å²) in [4.78, 5) is 0.234. The number of anilines is 1. The zero-order valence-electron chi connectivity index (χ0n) is 12.9. The number of hydrogen-bond donors (Lipinski definition) is 3. The average Bonchev–Trinajstić information content (AvgIpc) is 2.55. The largest absolute Gasteiger partial charge is 0.398 e. The zero-order chi connectivity index (χ0) is 16.7. The topological polar surface area (TPSA) is 92.4 Å². The summed E-state index contributed by atoms with van der Waals surface area (Å²) in [7, 11) is -3.50. The van der Waals surface area contributed by atoms with E-state index in [1.807, 2.05) is 24.3 Å². The van der Waals surface area contributed by atoms with Crippen molar-refractivity contribution >= 4 is 15.7 Å². The van der Waals surface area contributed by atoms with Crippen molar-refractivity contribution in [1.82, 2.24) is 4.72 Å². The maximum atomic E-state index is 12.2. The highest BCUT2D eigenvalue weighted by Crippen LogP contribution is 2.26. The molecule has 0 fully saturated rings. The predicted octanol–water partition coefficient (Wildman–Crippen LogP) is 2.38. The summed E-state index contributed by atoms with van der Waals surface area (Å²) in [5.74, 6) is 0. The smallest absolute Gasteiger partial charge is 0.240 e. The molecule has 0 unspecified atom stereocenters. The molecular formula is C17H22N2O3S. The van der Waals surface area contributed by atoms with E-state index in [0.29, 0.717) is 25.1 Å². The molecule has 0 heterocycles. The summed E-state index contributed by atoms with van der Waals surface area (Å²) in [5, 5.41) is 8.70. The third-order valence-corrected chi connectivity index (χ3v) is 5.04. The minimum atomic E-state index is -3.50. The molecule has 0 radical (unpaired) electrons. The number of aliphatic hydroxyl groups excluding tert-OH is 1. The first-order valence-electron chi connectivity index (χ1n) is 7.60. The molecule has 0 aliphatic carbocycles. The van der Waals surface area contributed by atoms with Gasteiger partial charge >= 0.3 is 0 Å². The van der Waals surface area contributed by atoms with E-state index in [2.05, 4.69) is 4.72 Å². The van der Waals surface area contributed by atoms with Crippen LogP contribution < -0.4 is 10.5 Å². The lowest BCUT2D eigenvalue weighted by Crippen LogP contribution is -2.24. The fourth-order valence-corrected chi connectivity index (χ4v) is 3.35. The number of aliphatic hydroxyl groups is 1. The van der Waals surface area contributed by atoms with Crippen molar-refractivity contribution in [3.05, 3.63) is 48.5 Å². The highest BCUT2D eigenvalue weighted by Gasteiger charge is 2.13. The Bertz CT molecular complexity index is 728. The van der Waals surface area contributed by atoms with Crippen LogP contribution in [0, 0.1) is 0 Å². The molecule has 0 aliphatic heterocycles. The summed E-state index contributed by atoms with van der Waals surface area (Å²) < 4.78 is 27.0. The van der Waals surface area contributed by atoms with Gasteiger partial charge in [0.2, 0.25) is 10.0 Å². The number of para-hydroxylation sites is 1. The maximum Gasteiger partial charge on any atom is 0.240 e. The van der Waals surface area contributed by atoms with Gasteiger partial charge in [-0.2, -0.15) is 0 Å². The molecule has 124 valence electrons. The lowest BCUT2D eigenvalue weighted by atomic mass is 10.0. The van der Waals surface area contributed by atoms with Crippen LogP contribution in [0.3, 0.4) is 0 Å². The van der Waals surface area contributed by atoms with Gasteiger partial charge in [-0.25, -0.2) is 13.1 Å². The standard InChI is InChI=1S/C17H22N2O3S/c18-17-7-3-2-6-16(17)14-8-10-15(11-9-14)23(21,22)19-12-4-1-5-13-20/h2-3,6-11,19-20H,1,4-5,12-13,18H2. The molecule has 2 aromatic rings. The highest BCUT2D eigenvalue weighted by molar-refractivity contribution is 7.89. The molecule has 0 bridgehead atoms. The number of nitrogens with one attached hydrogen (secondary N) is 1. The molecule has 0 atom stereocenters. The van der Waals surface area contributed by atoms with Gasteiger partial charge in [-0.3, -0.25) is 0 Å². The van der Waals surface area contributed by atoms with Gasteiger partial charge in [-0.1, -0.05) is 30.3 Å². The number of hydrogen-bond acceptors (Lipinski definition) is 4. The van der Waals surface area contributed by atoms with Crippen molar-refractivity contribution < 1.29 is 13.5 Å². The van der Waals surface area contributed by atoms with Crippen LogP contribution in [0.5, 0.6) is 0 Å². The predicted molar refractivity (Wildman–Crippen MR) is 92.4 cm³/mol. The highest BCUT2D eigenvalue weighted by atomic mass is 32.2. The van der Waals surface area contributed by atoms with E-state index in [9.17, 15) is 8.42 Å². The van der Waals surface area contributed by atoms with Crippen LogP contribution in [-0.2, 0) is 10.0 Å². The molecular weight excluding hydrogens is 312 g/mol. The Kier molecular flexibility index (Phi) is 6.15. The number of unbranched alkanes of at least 4 members (excludes halogenated alkanes) is 2. The van der Waals surface area contributed by atoms with Crippen molar-refractivity contribution in [3.8, 4) is 11.1 Å². The molecule has 0 aromatic heterocycles. The van der Waals surface area contributed by atoms with Gasteiger partial charge in [0.1, 0.15) is 0 Å². The van der Waals surface area contributed by atoms with Crippen molar-refractivity contribution in [2.24, 2.45) is 0 Å². The summed E-state index contributed by atoms with van der Waals surface area (Å²) in [6, 6.07) is 14.1. The van der Waals surface area contributed by atoms with Crippen molar-refractivity contribution in [1.29, 1.82) is 0 Å². The zero-order valence-corrected chi connectivity index (χ0v) is 13.7. The Morgan fingerprint density at radius 2 is 1.65 bits per heavy atom. The second-order valence-corrected chi connectivity index (χ2v) is 7.06. The molecule has 2 rings (SSSR count). The number of benzene rings is 2. The molecule has 2 aromatic carbocycles. The summed E-state index contributed by atoms with van der Waals surface area (Å²) in [5.41, 5.74) is 8.35. The molecule has 6 heteroatoms. The SMILES string of the molecule is Nc1ccccc1-c1ccc(S(=O)(=O)NCCCCCO)cc1. The minimum Gasteiger partial charge on any atom is -0.398 e. The normalized spacial score (nSPS) is 11.5. The number of sulfonamides is 1. The summed E-state index contributed by atoms with van der Waals surface area (Å²) in [6.07, 6.45) is 2.19. The van der Waals surface area contributed by atoms with E-state index >= 15 is 0 Å². The number of nitrogens with two attached hydrogens (primary N) is 1. The Labute approximate surface area is 137 Å². The minimum absolute atomic E-state index is 0.136. The molecule has 0 spiro atoms. The number of rotatable bonds is 8. The third kappa shape index (κ3) is 4.79. The third-order valence-electron chi connectivity index (χ3n) is 3.56. The van der Waals surface area contributed by atoms with Crippen molar-refractivity contribution in [3.63, 3.8) is 0 Å². The fraction of sp³-hybridized carbons (Fsp3) is 0.294. The second kappa shape index (κ2) is 8.10. The lowest BCUT2D eigenvalue weighted by Gasteiger charge is -2.09. The van der Waals surface area contributed by atoms with E-state index in [1.165, 1.54) is 0 Å². The Balaban J connectivity index is 2.05. The first kappa shape index (κ1) is 17.5. The van der Waals surface area contributed by atoms with Crippen molar-refractivity contribution in [2.75, 3.05) is 18.9 Å². The Morgan fingerprint density at radius 3 is 2.30 bits per heavy atom. The number of nitrogen functional groups attached to an aromatic ring is 1. The van der Waals surface area contributed by atoms with Gasteiger partial charge in [0.05, 0.1) is 4.90 Å². The Morgan fingerprint density at radius 1 is 0.957 bits per heavy atom. The van der Waals surface area contributed by atoms with Crippen LogP contribution in [0.25, 0.3) is 11.1 Å². The average molecular weight is 334 g/mol. The van der Waals surface area contributed by atoms with Crippen molar-refractivity contribution in [2.45, 2.75) is 24.2 Å². The van der Waals surface area contributed by atoms with Gasteiger partial charge in [-0.05, 0) is 43.0 Å². The molecule has 5 nitrogen and oxygen atoms in total. The maximum absolute atomic E-state index is 12.2. The molecule has 0 saturated carbocycles. The van der Waals surface area contributed by atoms with Crippen LogP contribution in [-0.4, -0.2) is 26.7 Å². The van der Waals surface area contributed by atoms with Crippen LogP contribution in [0.1, 0.15) is 19.3 Å². The van der Waals surface area contributed by atoms with Crippen LogP contribution in [0.15, 0.2) is 53.4 Å². The van der Waals surface area contributed by atoms with Gasteiger partial charge in [0.25, 0.3) is 0 Å². The van der Waals surface area contributed by atoms with Crippen LogP contribution >= 0.6 is 0 Å². The molecule has 0 aliphatic rings. The van der Waals surface area contributed by atoms with Gasteiger partial charge in [-0.15, -0.1) is 0 Å². The van der Waals surface area contributed by atoms with Crippen LogP contribution in [0.4, 0.5) is 5.69 Å². The lowest BCUT2D eigenvalue weighted by molar-refractivity contribution is 0.283. The molecule has 0 saturated heterocycles. The van der Waals surface area contributed by atoms with E-state index in [1.54, 1.807) is 24.3 Å². The fourth-order valence-electron chi connectivity index (χ4n) is 2.28. The van der Waals surface area contributed by atoms with E-state index < -0.39 is 10.0 Å². The van der Waals surface area contributed by atoms with Gasteiger partial charge in [0, 0.05) is 24.4 Å². The monoisotopic (exact) mass is 334 g/mol.